The molecule has 1 saturated heterocycles. The molecule has 212 valence electrons. The van der Waals surface area contributed by atoms with E-state index in [1.165, 1.54) is 5.38 Å². The van der Waals surface area contributed by atoms with Gasteiger partial charge in [0.2, 0.25) is 12.1 Å². The van der Waals surface area contributed by atoms with Crippen LogP contribution in [0.15, 0.2) is 5.38 Å². The summed E-state index contributed by atoms with van der Waals surface area (Å²) in [7, 11) is 1.90. The lowest BCUT2D eigenvalue weighted by Crippen LogP contribution is -2.47. The average molecular weight is 554 g/mol. The number of rotatable bonds is 14. The van der Waals surface area contributed by atoms with Gasteiger partial charge in [-0.2, -0.15) is 0 Å². The monoisotopic (exact) mass is 553 g/mol. The van der Waals surface area contributed by atoms with Crippen LogP contribution in [0.3, 0.4) is 0 Å². The standard InChI is InChI=1S/C26H39N3O8S/c1-6-10-22(32)36-15-29(25(37-17(4)30)23-27-19(14-38-23)26(34)35)24(33)18(16(3)7-2)13-21(31)20-11-8-9-12-28(20)5/h14,16,18,20,25H,6-13,15H2,1-5H3,(H,34,35)/t16-,18-,20?,25-/m0/s1. The zero-order chi connectivity index (χ0) is 28.4. The maximum atomic E-state index is 14.1. The normalized spacial score (nSPS) is 18.2. The number of amides is 1. The summed E-state index contributed by atoms with van der Waals surface area (Å²) in [4.78, 5) is 70.3. The molecule has 0 saturated carbocycles. The van der Waals surface area contributed by atoms with Gasteiger partial charge >= 0.3 is 17.9 Å². The van der Waals surface area contributed by atoms with Crippen LogP contribution in [-0.4, -0.2) is 75.9 Å². The number of esters is 2. The van der Waals surface area contributed by atoms with Gasteiger partial charge in [0.15, 0.2) is 23.2 Å². The largest absolute Gasteiger partial charge is 0.476 e. The molecule has 1 unspecified atom stereocenters. The van der Waals surface area contributed by atoms with E-state index in [0.717, 1.165) is 49.0 Å². The van der Waals surface area contributed by atoms with Crippen molar-refractivity contribution in [3.63, 3.8) is 0 Å². The molecule has 1 aromatic rings. The first-order chi connectivity index (χ1) is 18.0. The molecule has 2 rings (SSSR count). The highest BCUT2D eigenvalue weighted by molar-refractivity contribution is 7.09. The summed E-state index contributed by atoms with van der Waals surface area (Å²) in [6, 6.07) is -0.278. The second-order valence-electron chi connectivity index (χ2n) is 9.70. The van der Waals surface area contributed by atoms with Crippen molar-refractivity contribution < 1.29 is 38.6 Å². The summed E-state index contributed by atoms with van der Waals surface area (Å²) in [5, 5.41) is 10.6. The number of carboxylic acid groups (broad SMARTS) is 1. The van der Waals surface area contributed by atoms with E-state index in [2.05, 4.69) is 4.98 Å². The Labute approximate surface area is 227 Å². The number of likely N-dealkylation sites (tertiary alicyclic amines) is 1. The van der Waals surface area contributed by atoms with E-state index in [-0.39, 0.29) is 41.3 Å². The predicted octanol–water partition coefficient (Wildman–Crippen LogP) is 3.64. The van der Waals surface area contributed by atoms with Crippen LogP contribution < -0.4 is 0 Å². The predicted molar refractivity (Wildman–Crippen MR) is 139 cm³/mol. The van der Waals surface area contributed by atoms with Crippen molar-refractivity contribution in [2.24, 2.45) is 11.8 Å². The summed E-state index contributed by atoms with van der Waals surface area (Å²) in [6.07, 6.45) is 2.50. The van der Waals surface area contributed by atoms with E-state index in [9.17, 15) is 29.1 Å². The second-order valence-corrected chi connectivity index (χ2v) is 10.6. The van der Waals surface area contributed by atoms with Crippen molar-refractivity contribution >= 4 is 40.9 Å². The molecule has 0 radical (unpaired) electrons. The van der Waals surface area contributed by atoms with E-state index >= 15 is 0 Å². The number of likely N-dealkylation sites (N-methyl/N-ethyl adjacent to an activating group) is 1. The number of thiazole rings is 1. The first-order valence-corrected chi connectivity index (χ1v) is 13.9. The van der Waals surface area contributed by atoms with Gasteiger partial charge in [0, 0.05) is 31.1 Å². The minimum atomic E-state index is -1.42. The zero-order valence-corrected chi connectivity index (χ0v) is 23.6. The molecule has 12 heteroatoms. The summed E-state index contributed by atoms with van der Waals surface area (Å²) in [5.41, 5.74) is -0.272. The average Bonchev–Trinajstić information content (AvgIpc) is 3.36. The Balaban J connectivity index is 2.46. The molecule has 1 aliphatic rings. The lowest BCUT2D eigenvalue weighted by molar-refractivity contribution is -0.179. The van der Waals surface area contributed by atoms with Crippen LogP contribution in [0.1, 0.15) is 94.4 Å². The van der Waals surface area contributed by atoms with Gasteiger partial charge < -0.3 is 14.6 Å². The molecular formula is C26H39N3O8S. The van der Waals surface area contributed by atoms with Crippen molar-refractivity contribution in [3.05, 3.63) is 16.1 Å². The number of carbonyl (C=O) groups is 5. The van der Waals surface area contributed by atoms with Gasteiger partial charge in [0.1, 0.15) is 0 Å². The Morgan fingerprint density at radius 3 is 2.50 bits per heavy atom. The van der Waals surface area contributed by atoms with Gasteiger partial charge in [0.05, 0.1) is 6.04 Å². The van der Waals surface area contributed by atoms with Gasteiger partial charge in [-0.3, -0.25) is 29.0 Å². The molecular weight excluding hydrogens is 514 g/mol. The first kappa shape index (κ1) is 31.4. The number of piperidine rings is 1. The molecule has 2 heterocycles. The van der Waals surface area contributed by atoms with E-state index in [1.54, 1.807) is 0 Å². The second kappa shape index (κ2) is 14.9. The number of carbonyl (C=O) groups excluding carboxylic acids is 4. The third-order valence-corrected chi connectivity index (χ3v) is 7.70. The van der Waals surface area contributed by atoms with Crippen molar-refractivity contribution in [1.82, 2.24) is 14.8 Å². The minimum Gasteiger partial charge on any atom is -0.476 e. The Morgan fingerprint density at radius 1 is 1.24 bits per heavy atom. The molecule has 1 amide bonds. The molecule has 0 spiro atoms. The van der Waals surface area contributed by atoms with E-state index in [0.29, 0.717) is 12.8 Å². The topological polar surface area (TPSA) is 143 Å². The fourth-order valence-electron chi connectivity index (χ4n) is 4.43. The molecule has 1 aromatic heterocycles. The number of aromatic nitrogens is 1. The van der Waals surface area contributed by atoms with Crippen molar-refractivity contribution in [2.45, 2.75) is 84.9 Å². The van der Waals surface area contributed by atoms with Crippen molar-refractivity contribution in [2.75, 3.05) is 20.3 Å². The maximum absolute atomic E-state index is 14.1. The number of ketones is 1. The molecule has 0 aromatic carbocycles. The Morgan fingerprint density at radius 2 is 1.95 bits per heavy atom. The molecule has 1 aliphatic heterocycles. The smallest absolute Gasteiger partial charge is 0.355 e. The van der Waals surface area contributed by atoms with Crippen LogP contribution in [0, 0.1) is 11.8 Å². The third-order valence-electron chi connectivity index (χ3n) is 6.83. The molecule has 4 atom stereocenters. The lowest BCUT2D eigenvalue weighted by atomic mass is 9.83. The number of hydrogen-bond donors (Lipinski definition) is 1. The third kappa shape index (κ3) is 8.59. The van der Waals surface area contributed by atoms with Crippen LogP contribution >= 0.6 is 11.3 Å². The summed E-state index contributed by atoms with van der Waals surface area (Å²) in [5.74, 6) is -4.12. The number of aromatic carboxylic acids is 1. The van der Waals surface area contributed by atoms with Gasteiger partial charge in [0.25, 0.3) is 0 Å². The summed E-state index contributed by atoms with van der Waals surface area (Å²) >= 11 is 0.904. The van der Waals surface area contributed by atoms with Gasteiger partial charge in [-0.05, 0) is 38.8 Å². The van der Waals surface area contributed by atoms with Crippen LogP contribution in [-0.2, 0) is 28.7 Å². The van der Waals surface area contributed by atoms with Gasteiger partial charge in [-0.15, -0.1) is 11.3 Å². The minimum absolute atomic E-state index is 0.0205. The molecule has 1 N–H and O–H groups in total. The number of hydrogen-bond acceptors (Lipinski definition) is 10. The number of ether oxygens (including phenoxy) is 2. The van der Waals surface area contributed by atoms with E-state index in [1.807, 2.05) is 32.7 Å². The van der Waals surface area contributed by atoms with Crippen molar-refractivity contribution in [1.29, 1.82) is 0 Å². The van der Waals surface area contributed by atoms with Crippen LogP contribution in [0.5, 0.6) is 0 Å². The van der Waals surface area contributed by atoms with Crippen LogP contribution in [0.25, 0.3) is 0 Å². The first-order valence-electron chi connectivity index (χ1n) is 13.0. The Bertz CT molecular complexity index is 997. The zero-order valence-electron chi connectivity index (χ0n) is 22.8. The summed E-state index contributed by atoms with van der Waals surface area (Å²) < 4.78 is 10.8. The molecule has 38 heavy (non-hydrogen) atoms. The number of carboxylic acids is 1. The maximum Gasteiger partial charge on any atom is 0.355 e. The van der Waals surface area contributed by atoms with Crippen molar-refractivity contribution in [3.8, 4) is 0 Å². The van der Waals surface area contributed by atoms with E-state index in [4.69, 9.17) is 9.47 Å². The highest BCUT2D eigenvalue weighted by Gasteiger charge is 2.39. The summed E-state index contributed by atoms with van der Waals surface area (Å²) in [6.45, 7) is 7.01. The SMILES string of the molecule is CCCC(=O)OCN(C(=O)[C@@H](CC(=O)C1CCCCN1C)[C@@H](C)CC)[C@@H](OC(C)=O)c1nc(C(=O)O)cs1. The van der Waals surface area contributed by atoms with Gasteiger partial charge in [-0.1, -0.05) is 33.6 Å². The molecule has 1 fully saturated rings. The fraction of sp³-hybridized carbons (Fsp3) is 0.692. The van der Waals surface area contributed by atoms with Gasteiger partial charge in [-0.25, -0.2) is 9.78 Å². The fourth-order valence-corrected chi connectivity index (χ4v) is 5.26. The van der Waals surface area contributed by atoms with Crippen LogP contribution in [0.4, 0.5) is 0 Å². The molecule has 11 nitrogen and oxygen atoms in total. The van der Waals surface area contributed by atoms with Crippen LogP contribution in [0.2, 0.25) is 0 Å². The number of nitrogens with zero attached hydrogens (tertiary/aromatic N) is 3. The Hall–Kier alpha value is -2.86. The quantitative estimate of drug-likeness (QED) is 0.268. The highest BCUT2D eigenvalue weighted by atomic mass is 32.1. The lowest BCUT2D eigenvalue weighted by Gasteiger charge is -2.35. The molecule has 0 aliphatic carbocycles. The Kier molecular flexibility index (Phi) is 12.3. The molecule has 0 bridgehead atoms. The highest BCUT2D eigenvalue weighted by Crippen LogP contribution is 2.32. The van der Waals surface area contributed by atoms with E-state index < -0.39 is 42.7 Å². The number of Topliss-reactive ketones (excluding diaryl/α,β-unsaturated/α-hetero) is 1.